The molecular formula is C25H25FN2O3. The Kier molecular flexibility index (Phi) is 6.70. The van der Waals surface area contributed by atoms with E-state index >= 15 is 0 Å². The van der Waals surface area contributed by atoms with Crippen molar-refractivity contribution in [2.75, 3.05) is 13.1 Å². The number of pyridine rings is 1. The van der Waals surface area contributed by atoms with Crippen LogP contribution in [0.3, 0.4) is 0 Å². The normalized spacial score (nSPS) is 16.2. The summed E-state index contributed by atoms with van der Waals surface area (Å²) < 4.78 is 20.3. The van der Waals surface area contributed by atoms with Gasteiger partial charge >= 0.3 is 5.97 Å². The maximum atomic E-state index is 13.9. The average Bonchev–Trinajstić information content (AvgIpc) is 2.79. The van der Waals surface area contributed by atoms with Crippen LogP contribution in [0.5, 0.6) is 0 Å². The molecule has 4 rings (SSSR count). The molecule has 1 N–H and O–H groups in total. The molecule has 0 saturated carbocycles. The minimum absolute atomic E-state index is 0.0584. The maximum Gasteiger partial charge on any atom is 0.335 e. The third kappa shape index (κ3) is 5.54. The Balaban J connectivity index is 1.40. The number of piperidine rings is 1. The van der Waals surface area contributed by atoms with Crippen LogP contribution >= 0.6 is 0 Å². The molecule has 0 amide bonds. The van der Waals surface area contributed by atoms with Gasteiger partial charge < -0.3 is 9.84 Å². The third-order valence-corrected chi connectivity index (χ3v) is 5.57. The third-order valence-electron chi connectivity index (χ3n) is 5.57. The highest BCUT2D eigenvalue weighted by Crippen LogP contribution is 2.30. The molecule has 6 heteroatoms. The SMILES string of the molecule is O=C(O)c1ccnc(CN2CCC(OC(c3ccccc3)c3cccc(F)c3)CC2)c1. The summed E-state index contributed by atoms with van der Waals surface area (Å²) in [6.07, 6.45) is 2.97. The number of hydrogen-bond acceptors (Lipinski definition) is 4. The van der Waals surface area contributed by atoms with E-state index in [4.69, 9.17) is 9.84 Å². The van der Waals surface area contributed by atoms with Gasteiger partial charge in [-0.05, 0) is 48.2 Å². The van der Waals surface area contributed by atoms with Crippen LogP contribution in [0.1, 0.15) is 46.1 Å². The van der Waals surface area contributed by atoms with Gasteiger partial charge in [-0.15, -0.1) is 0 Å². The van der Waals surface area contributed by atoms with Gasteiger partial charge in [0.05, 0.1) is 17.4 Å². The van der Waals surface area contributed by atoms with Gasteiger partial charge in [0, 0.05) is 25.8 Å². The van der Waals surface area contributed by atoms with Crippen LogP contribution in [0.4, 0.5) is 4.39 Å². The van der Waals surface area contributed by atoms with Gasteiger partial charge in [0.15, 0.2) is 0 Å². The van der Waals surface area contributed by atoms with Crippen molar-refractivity contribution in [1.29, 1.82) is 0 Å². The van der Waals surface area contributed by atoms with Crippen molar-refractivity contribution in [2.45, 2.75) is 31.6 Å². The standard InChI is InChI=1S/C25H25FN2O3/c26-21-8-4-7-19(15-21)24(18-5-2-1-3-6-18)31-23-10-13-28(14-11-23)17-22-16-20(25(29)30)9-12-27-22/h1-9,12,15-16,23-24H,10-11,13-14,17H2,(H,29,30). The molecule has 1 unspecified atom stereocenters. The number of halogens is 1. The topological polar surface area (TPSA) is 62.7 Å². The van der Waals surface area contributed by atoms with Gasteiger partial charge in [-0.3, -0.25) is 9.88 Å². The monoisotopic (exact) mass is 420 g/mol. The number of carbonyl (C=O) groups is 1. The molecular weight excluding hydrogens is 395 g/mol. The van der Waals surface area contributed by atoms with Crippen LogP contribution in [-0.2, 0) is 11.3 Å². The van der Waals surface area contributed by atoms with E-state index in [0.717, 1.165) is 42.8 Å². The van der Waals surface area contributed by atoms with E-state index in [1.54, 1.807) is 12.1 Å². The molecule has 2 heterocycles. The van der Waals surface area contributed by atoms with Gasteiger partial charge in [-0.25, -0.2) is 9.18 Å². The fourth-order valence-electron chi connectivity index (χ4n) is 3.97. The molecule has 160 valence electrons. The van der Waals surface area contributed by atoms with Crippen LogP contribution in [0.2, 0.25) is 0 Å². The highest BCUT2D eigenvalue weighted by molar-refractivity contribution is 5.87. The maximum absolute atomic E-state index is 13.9. The predicted octanol–water partition coefficient (Wildman–Crippen LogP) is 4.69. The van der Waals surface area contributed by atoms with E-state index < -0.39 is 5.97 Å². The predicted molar refractivity (Wildman–Crippen MR) is 115 cm³/mol. The lowest BCUT2D eigenvalue weighted by Crippen LogP contribution is -2.37. The molecule has 0 radical (unpaired) electrons. The molecule has 1 aliphatic heterocycles. The minimum atomic E-state index is -0.944. The summed E-state index contributed by atoms with van der Waals surface area (Å²) in [6.45, 7) is 2.27. The summed E-state index contributed by atoms with van der Waals surface area (Å²) in [4.78, 5) is 17.7. The molecule has 1 fully saturated rings. The first-order valence-corrected chi connectivity index (χ1v) is 10.4. The van der Waals surface area contributed by atoms with Crippen molar-refractivity contribution in [2.24, 2.45) is 0 Å². The first kappa shape index (κ1) is 21.2. The zero-order chi connectivity index (χ0) is 21.6. The van der Waals surface area contributed by atoms with Crippen molar-refractivity contribution in [1.82, 2.24) is 9.88 Å². The minimum Gasteiger partial charge on any atom is -0.478 e. The summed E-state index contributed by atoms with van der Waals surface area (Å²) in [6, 6.07) is 19.6. The largest absolute Gasteiger partial charge is 0.478 e. The summed E-state index contributed by atoms with van der Waals surface area (Å²) in [5, 5.41) is 9.16. The van der Waals surface area contributed by atoms with E-state index in [0.29, 0.717) is 6.54 Å². The fraction of sp³-hybridized carbons (Fsp3) is 0.280. The highest BCUT2D eigenvalue weighted by Gasteiger charge is 2.25. The summed E-state index contributed by atoms with van der Waals surface area (Å²) in [7, 11) is 0. The Morgan fingerprint density at radius 1 is 1.06 bits per heavy atom. The number of hydrogen-bond donors (Lipinski definition) is 1. The second kappa shape index (κ2) is 9.81. The van der Waals surface area contributed by atoms with Gasteiger partial charge in [-0.1, -0.05) is 42.5 Å². The van der Waals surface area contributed by atoms with Crippen molar-refractivity contribution in [3.05, 3.63) is 101 Å². The smallest absolute Gasteiger partial charge is 0.335 e. The summed E-state index contributed by atoms with van der Waals surface area (Å²) in [5.41, 5.74) is 2.82. The number of ether oxygens (including phenoxy) is 1. The number of benzene rings is 2. The van der Waals surface area contributed by atoms with E-state index in [9.17, 15) is 9.18 Å². The fourth-order valence-corrected chi connectivity index (χ4v) is 3.97. The molecule has 0 spiro atoms. The molecule has 1 aliphatic rings. The number of rotatable bonds is 7. The van der Waals surface area contributed by atoms with Crippen LogP contribution in [-0.4, -0.2) is 40.2 Å². The first-order valence-electron chi connectivity index (χ1n) is 10.4. The molecule has 3 aromatic rings. The van der Waals surface area contributed by atoms with E-state index in [1.807, 2.05) is 36.4 Å². The van der Waals surface area contributed by atoms with Crippen molar-refractivity contribution >= 4 is 5.97 Å². The molecule has 0 aliphatic carbocycles. The van der Waals surface area contributed by atoms with Crippen molar-refractivity contribution in [3.8, 4) is 0 Å². The van der Waals surface area contributed by atoms with Crippen LogP contribution in [0.25, 0.3) is 0 Å². The average molecular weight is 420 g/mol. The second-order valence-corrected chi connectivity index (χ2v) is 7.80. The number of aromatic carboxylic acids is 1. The first-order chi connectivity index (χ1) is 15.1. The zero-order valence-electron chi connectivity index (χ0n) is 17.2. The zero-order valence-corrected chi connectivity index (χ0v) is 17.2. The molecule has 1 saturated heterocycles. The molecule has 31 heavy (non-hydrogen) atoms. The Hall–Kier alpha value is -3.09. The van der Waals surface area contributed by atoms with Crippen molar-refractivity contribution < 1.29 is 19.0 Å². The Morgan fingerprint density at radius 3 is 2.52 bits per heavy atom. The van der Waals surface area contributed by atoms with Gasteiger partial charge in [-0.2, -0.15) is 0 Å². The van der Waals surface area contributed by atoms with E-state index in [2.05, 4.69) is 9.88 Å². The number of carboxylic acids is 1. The van der Waals surface area contributed by atoms with Crippen LogP contribution in [0.15, 0.2) is 72.9 Å². The van der Waals surface area contributed by atoms with Crippen LogP contribution < -0.4 is 0 Å². The number of aromatic nitrogens is 1. The molecule has 5 nitrogen and oxygen atoms in total. The Morgan fingerprint density at radius 2 is 1.81 bits per heavy atom. The molecule has 1 aromatic heterocycles. The quantitative estimate of drug-likeness (QED) is 0.601. The molecule has 1 atom stereocenters. The lowest BCUT2D eigenvalue weighted by molar-refractivity contribution is -0.0283. The second-order valence-electron chi connectivity index (χ2n) is 7.80. The lowest BCUT2D eigenvalue weighted by atomic mass is 10.00. The van der Waals surface area contributed by atoms with Gasteiger partial charge in [0.2, 0.25) is 0 Å². The van der Waals surface area contributed by atoms with Crippen LogP contribution in [0, 0.1) is 5.82 Å². The summed E-state index contributed by atoms with van der Waals surface area (Å²) in [5.74, 6) is -1.21. The highest BCUT2D eigenvalue weighted by atomic mass is 19.1. The summed E-state index contributed by atoms with van der Waals surface area (Å²) >= 11 is 0. The van der Waals surface area contributed by atoms with Gasteiger partial charge in [0.25, 0.3) is 0 Å². The number of carboxylic acid groups (broad SMARTS) is 1. The molecule has 2 aromatic carbocycles. The molecule has 0 bridgehead atoms. The number of nitrogens with zero attached hydrogens (tertiary/aromatic N) is 2. The Labute approximate surface area is 181 Å². The van der Waals surface area contributed by atoms with E-state index in [1.165, 1.54) is 24.4 Å². The lowest BCUT2D eigenvalue weighted by Gasteiger charge is -2.34. The van der Waals surface area contributed by atoms with Crippen molar-refractivity contribution in [3.63, 3.8) is 0 Å². The van der Waals surface area contributed by atoms with Gasteiger partial charge in [0.1, 0.15) is 11.9 Å². The number of likely N-dealkylation sites (tertiary alicyclic amines) is 1. The Bertz CT molecular complexity index is 1020. The van der Waals surface area contributed by atoms with E-state index in [-0.39, 0.29) is 23.6 Å².